The molecule has 0 bridgehead atoms. The maximum Gasteiger partial charge on any atom is 0.225 e. The highest BCUT2D eigenvalue weighted by Crippen LogP contribution is 2.00. The number of carbonyl (C=O) groups is 5. The number of carbonyl (C=O) groups excluding carboxylic acids is 5. The fraction of sp³-hybridized carbons (Fsp3) is 0.902. The van der Waals surface area contributed by atoms with Gasteiger partial charge in [-0.2, -0.15) is 0 Å². The molecule has 0 aromatic heterocycles. The van der Waals surface area contributed by atoms with Crippen molar-refractivity contribution < 1.29 is 90.3 Å². The van der Waals surface area contributed by atoms with Crippen LogP contribution < -0.4 is 0 Å². The molecule has 0 aromatic rings. The van der Waals surface area contributed by atoms with E-state index in [1.54, 1.807) is 18.7 Å². The standard InChI is InChI=1S/C26H49NO10.C25H49NO9/c1-3-31-17-18-36-23-24-37-22-20-34-14-8-26(30)27(9-15-32-13-6-7-25(2)29)10-16-35-21-19-33-12-5-4-11-28;1-3-29-17-18-34-23-24-35-22-21-33-16-10-26(8-14-30-13-6-7-25(2)28)9-15-32-20-19-31-12-5-4-11-27/h11H,3-10,12-24H2,1-2H3;11H,3-10,12-24H2,1-2H3. The van der Waals surface area contributed by atoms with Gasteiger partial charge in [0.25, 0.3) is 0 Å². The van der Waals surface area contributed by atoms with Crippen LogP contribution in [0.3, 0.4) is 0 Å². The Balaban J connectivity index is 0. The molecule has 21 nitrogen and oxygen atoms in total. The van der Waals surface area contributed by atoms with Gasteiger partial charge in [-0.1, -0.05) is 0 Å². The third kappa shape index (κ3) is 61.8. The maximum absolute atomic E-state index is 12.7. The summed E-state index contributed by atoms with van der Waals surface area (Å²) in [5.74, 6) is 0.293. The van der Waals surface area contributed by atoms with Gasteiger partial charge in [-0.05, 0) is 53.4 Å². The highest BCUT2D eigenvalue weighted by atomic mass is 16.6. The second-order valence-electron chi connectivity index (χ2n) is 15.9. The Morgan fingerprint density at radius 3 is 0.903 bits per heavy atom. The minimum Gasteiger partial charge on any atom is -0.380 e. The molecule has 0 radical (unpaired) electrons. The normalized spacial score (nSPS) is 11.2. The smallest absolute Gasteiger partial charge is 0.225 e. The zero-order chi connectivity index (χ0) is 52.9. The predicted octanol–water partition coefficient (Wildman–Crippen LogP) is 3.46. The van der Waals surface area contributed by atoms with E-state index in [0.717, 1.165) is 45.0 Å². The van der Waals surface area contributed by atoms with Crippen molar-refractivity contribution in [1.29, 1.82) is 0 Å². The summed E-state index contributed by atoms with van der Waals surface area (Å²) >= 11 is 0. The van der Waals surface area contributed by atoms with Gasteiger partial charge in [0.2, 0.25) is 5.91 Å². The van der Waals surface area contributed by atoms with Gasteiger partial charge in [0, 0.05) is 98.0 Å². The van der Waals surface area contributed by atoms with Crippen LogP contribution in [-0.4, -0.2) is 258 Å². The molecule has 0 rings (SSSR count). The number of aldehydes is 2. The lowest BCUT2D eigenvalue weighted by molar-refractivity contribution is -0.134. The molecule has 0 heterocycles. The van der Waals surface area contributed by atoms with Crippen LogP contribution in [0.4, 0.5) is 0 Å². The molecule has 0 fully saturated rings. The van der Waals surface area contributed by atoms with E-state index in [0.29, 0.717) is 237 Å². The number of hydrogen-bond acceptors (Lipinski definition) is 20. The Morgan fingerprint density at radius 2 is 0.583 bits per heavy atom. The van der Waals surface area contributed by atoms with Gasteiger partial charge in [-0.25, -0.2) is 0 Å². The minimum atomic E-state index is -0.0373. The number of nitrogens with zero attached hydrogens (tertiary/aromatic N) is 2. The number of ketones is 2. The number of ether oxygens (including phenoxy) is 14. The van der Waals surface area contributed by atoms with E-state index < -0.39 is 0 Å². The van der Waals surface area contributed by atoms with Crippen molar-refractivity contribution in [2.75, 3.05) is 218 Å². The van der Waals surface area contributed by atoms with Crippen molar-refractivity contribution in [3.05, 3.63) is 0 Å². The molecule has 1 amide bonds. The lowest BCUT2D eigenvalue weighted by Crippen LogP contribution is -2.37. The number of amides is 1. The molecule has 21 heteroatoms. The fourth-order valence-corrected chi connectivity index (χ4v) is 5.78. The first-order valence-corrected chi connectivity index (χ1v) is 26.3. The van der Waals surface area contributed by atoms with Crippen molar-refractivity contribution in [2.45, 2.75) is 85.5 Å². The molecule has 0 unspecified atom stereocenters. The molecular weight excluding hydrogens is 945 g/mol. The van der Waals surface area contributed by atoms with Crippen LogP contribution in [0.5, 0.6) is 0 Å². The Morgan fingerprint density at radius 1 is 0.319 bits per heavy atom. The van der Waals surface area contributed by atoms with Crippen molar-refractivity contribution in [1.82, 2.24) is 9.80 Å². The average Bonchev–Trinajstić information content (AvgIpc) is 3.37. The Kier molecular flexibility index (Phi) is 62.5. The maximum atomic E-state index is 12.7. The number of rotatable bonds is 60. The lowest BCUT2D eigenvalue weighted by Gasteiger charge is -2.23. The van der Waals surface area contributed by atoms with E-state index in [9.17, 15) is 24.0 Å². The van der Waals surface area contributed by atoms with Gasteiger partial charge in [0.05, 0.1) is 152 Å². The molecular formula is C51H98N2O19. The molecule has 0 aliphatic carbocycles. The first-order chi connectivity index (χ1) is 35.3. The summed E-state index contributed by atoms with van der Waals surface area (Å²) in [5.41, 5.74) is 0. The van der Waals surface area contributed by atoms with Gasteiger partial charge in [-0.3, -0.25) is 9.69 Å². The Hall–Kier alpha value is -2.45. The summed E-state index contributed by atoms with van der Waals surface area (Å²) in [7, 11) is 0. The Labute approximate surface area is 432 Å². The molecule has 0 spiro atoms. The molecule has 72 heavy (non-hydrogen) atoms. The highest BCUT2D eigenvalue weighted by Gasteiger charge is 2.14. The van der Waals surface area contributed by atoms with Gasteiger partial charge in [0.15, 0.2) is 0 Å². The lowest BCUT2D eigenvalue weighted by atomic mass is 10.2. The van der Waals surface area contributed by atoms with Crippen LogP contribution in [0.1, 0.15) is 85.5 Å². The molecule has 0 saturated carbocycles. The average molecular weight is 1040 g/mol. The zero-order valence-electron chi connectivity index (χ0n) is 45.0. The van der Waals surface area contributed by atoms with Gasteiger partial charge in [0.1, 0.15) is 24.1 Å². The quantitative estimate of drug-likeness (QED) is 0.0629. The van der Waals surface area contributed by atoms with Crippen molar-refractivity contribution in [3.63, 3.8) is 0 Å². The molecule has 0 aliphatic rings. The monoisotopic (exact) mass is 1040 g/mol. The zero-order valence-corrected chi connectivity index (χ0v) is 45.0. The summed E-state index contributed by atoms with van der Waals surface area (Å²) in [6, 6.07) is 0. The summed E-state index contributed by atoms with van der Waals surface area (Å²) in [4.78, 5) is 59.2. The molecule has 0 aromatic carbocycles. The van der Waals surface area contributed by atoms with Crippen LogP contribution in [-0.2, 0) is 90.3 Å². The third-order valence-corrected chi connectivity index (χ3v) is 9.72. The summed E-state index contributed by atoms with van der Waals surface area (Å²) in [6.07, 6.45) is 7.00. The highest BCUT2D eigenvalue weighted by molar-refractivity contribution is 5.76. The summed E-state index contributed by atoms with van der Waals surface area (Å²) in [6.45, 7) is 24.9. The third-order valence-electron chi connectivity index (χ3n) is 9.72. The van der Waals surface area contributed by atoms with E-state index in [2.05, 4.69) is 4.90 Å². The van der Waals surface area contributed by atoms with E-state index in [4.69, 9.17) is 66.3 Å². The van der Waals surface area contributed by atoms with Gasteiger partial charge < -0.3 is 90.4 Å². The van der Waals surface area contributed by atoms with E-state index >= 15 is 0 Å². The van der Waals surface area contributed by atoms with Gasteiger partial charge >= 0.3 is 0 Å². The Bertz CT molecular complexity index is 1160. The topological polar surface area (TPSA) is 221 Å². The molecule has 426 valence electrons. The largest absolute Gasteiger partial charge is 0.380 e. The van der Waals surface area contributed by atoms with Crippen LogP contribution in [0.15, 0.2) is 0 Å². The van der Waals surface area contributed by atoms with Crippen LogP contribution >= 0.6 is 0 Å². The van der Waals surface area contributed by atoms with Crippen molar-refractivity contribution in [3.8, 4) is 0 Å². The van der Waals surface area contributed by atoms with E-state index in [1.807, 2.05) is 13.8 Å². The predicted molar refractivity (Wildman–Crippen MR) is 271 cm³/mol. The number of hydrogen-bond donors (Lipinski definition) is 0. The molecule has 0 aliphatic heterocycles. The second-order valence-corrected chi connectivity index (χ2v) is 15.9. The van der Waals surface area contributed by atoms with Crippen molar-refractivity contribution >= 4 is 30.0 Å². The molecule has 0 saturated heterocycles. The van der Waals surface area contributed by atoms with E-state index in [1.165, 1.54) is 0 Å². The molecule has 0 N–H and O–H groups in total. The molecule has 0 atom stereocenters. The van der Waals surface area contributed by atoms with Crippen LogP contribution in [0.25, 0.3) is 0 Å². The number of Topliss-reactive ketones (excluding diaryl/α,β-unsaturated/α-hetero) is 2. The van der Waals surface area contributed by atoms with E-state index in [-0.39, 0.29) is 23.9 Å². The summed E-state index contributed by atoms with van der Waals surface area (Å²) in [5, 5.41) is 0. The first kappa shape index (κ1) is 71.6. The fourth-order valence-electron chi connectivity index (χ4n) is 5.78. The first-order valence-electron chi connectivity index (χ1n) is 26.3. The van der Waals surface area contributed by atoms with Crippen LogP contribution in [0, 0.1) is 0 Å². The minimum absolute atomic E-state index is 0.0373. The summed E-state index contributed by atoms with van der Waals surface area (Å²) < 4.78 is 76.6. The van der Waals surface area contributed by atoms with Crippen molar-refractivity contribution in [2.24, 2.45) is 0 Å². The van der Waals surface area contributed by atoms with Gasteiger partial charge in [-0.15, -0.1) is 0 Å². The number of unbranched alkanes of at least 4 members (excludes halogenated alkanes) is 2. The van der Waals surface area contributed by atoms with Crippen LogP contribution in [0.2, 0.25) is 0 Å². The SMILES string of the molecule is CCOCCOCCOCCOCCC(=O)N(CCOCCCC(C)=O)CCOCCOCCCC=O.CCOCCOCCOCCOCCN(CCOCCCC(C)=O)CCOCCOCCCC=O. The second kappa shape index (κ2) is 62.8.